The highest BCUT2D eigenvalue weighted by Crippen LogP contribution is 2.38. The maximum absolute atomic E-state index is 1.58. The Kier molecular flexibility index (Phi) is 1.97. The first kappa shape index (κ1) is 6.69. The van der Waals surface area contributed by atoms with E-state index >= 15 is 0 Å². The lowest BCUT2D eigenvalue weighted by molar-refractivity contribution is 0.384. The third-order valence-electron chi connectivity index (χ3n) is 3.37. The summed E-state index contributed by atoms with van der Waals surface area (Å²) in [5, 5.41) is 0. The fraction of sp³-hybridized carbons (Fsp3) is 1.00. The fourth-order valence-electron chi connectivity index (χ4n) is 2.75. The quantitative estimate of drug-likeness (QED) is 0.481. The zero-order valence-electron chi connectivity index (χ0n) is 6.81. The minimum Gasteiger partial charge on any atom is -0.0533 e. The van der Waals surface area contributed by atoms with Gasteiger partial charge in [0, 0.05) is 0 Å². The number of fused-ring (bicyclic) bond motifs is 2. The topological polar surface area (TPSA) is 0 Å². The molecule has 0 saturated heterocycles. The van der Waals surface area contributed by atoms with Crippen molar-refractivity contribution >= 4 is 0 Å². The maximum atomic E-state index is 1.58. The van der Waals surface area contributed by atoms with Gasteiger partial charge < -0.3 is 0 Å². The van der Waals surface area contributed by atoms with Gasteiger partial charge in [-0.1, -0.05) is 44.9 Å². The van der Waals surface area contributed by atoms with Crippen LogP contribution in [0.4, 0.5) is 0 Å². The minimum absolute atomic E-state index is 1.14. The molecular weight excluding hydrogens is 120 g/mol. The smallest absolute Gasteiger partial charge is 0.0412 e. The van der Waals surface area contributed by atoms with E-state index in [2.05, 4.69) is 0 Å². The Morgan fingerprint density at radius 1 is 0.600 bits per heavy atom. The first-order valence-electron chi connectivity index (χ1n) is 4.95. The minimum atomic E-state index is 1.14. The van der Waals surface area contributed by atoms with Gasteiger partial charge in [0.15, 0.2) is 0 Å². The van der Waals surface area contributed by atoms with Crippen LogP contribution in [0, 0.1) is 11.8 Å². The summed E-state index contributed by atoms with van der Waals surface area (Å²) in [6.07, 6.45) is 12.4. The molecule has 0 nitrogen and oxygen atoms in total. The summed E-state index contributed by atoms with van der Waals surface area (Å²) in [5.74, 6) is 2.29. The van der Waals surface area contributed by atoms with Crippen LogP contribution in [0.15, 0.2) is 0 Å². The Balaban J connectivity index is 1.91. The van der Waals surface area contributed by atoms with Crippen molar-refractivity contribution in [3.63, 3.8) is 0 Å². The van der Waals surface area contributed by atoms with E-state index in [1.807, 2.05) is 0 Å². The third kappa shape index (κ3) is 1.36. The van der Waals surface area contributed by atoms with Crippen LogP contribution in [0.1, 0.15) is 51.4 Å². The van der Waals surface area contributed by atoms with Gasteiger partial charge in [0.25, 0.3) is 0 Å². The lowest BCUT2D eigenvalue weighted by Crippen LogP contribution is -2.00. The Morgan fingerprint density at radius 2 is 1.20 bits per heavy atom. The van der Waals surface area contributed by atoms with Crippen LogP contribution in [-0.2, 0) is 0 Å². The second-order valence-electron chi connectivity index (χ2n) is 4.18. The van der Waals surface area contributed by atoms with Crippen molar-refractivity contribution in [2.45, 2.75) is 51.4 Å². The lowest BCUT2D eigenvalue weighted by atomic mass is 9.92. The molecule has 0 N–H and O–H groups in total. The molecule has 0 heterocycles. The summed E-state index contributed by atoms with van der Waals surface area (Å²) in [6, 6.07) is 0. The molecule has 2 saturated carbocycles. The summed E-state index contributed by atoms with van der Waals surface area (Å²) in [4.78, 5) is 0. The van der Waals surface area contributed by atoms with Gasteiger partial charge in [-0.3, -0.25) is 0 Å². The standard InChI is InChI=1S/C10H18/c1-2-4-9-6-7-10(8-9)5-3-1/h9-10H,1-8H2/t9-,10?/m0/s1. The van der Waals surface area contributed by atoms with Crippen molar-refractivity contribution in [3.8, 4) is 0 Å². The van der Waals surface area contributed by atoms with Crippen molar-refractivity contribution in [1.29, 1.82) is 0 Å². The Bertz CT molecular complexity index is 94.6. The highest BCUT2D eigenvalue weighted by atomic mass is 14.3. The van der Waals surface area contributed by atoms with E-state index in [-0.39, 0.29) is 0 Å². The summed E-state index contributed by atoms with van der Waals surface area (Å²) in [6.45, 7) is 0. The molecule has 2 atom stereocenters. The molecule has 58 valence electrons. The van der Waals surface area contributed by atoms with E-state index < -0.39 is 0 Å². The molecule has 2 bridgehead atoms. The number of hydrogen-bond donors (Lipinski definition) is 0. The van der Waals surface area contributed by atoms with Crippen LogP contribution in [0.2, 0.25) is 0 Å². The van der Waals surface area contributed by atoms with Crippen LogP contribution in [0.3, 0.4) is 0 Å². The van der Waals surface area contributed by atoms with Crippen molar-refractivity contribution in [3.05, 3.63) is 0 Å². The van der Waals surface area contributed by atoms with E-state index in [0.29, 0.717) is 0 Å². The van der Waals surface area contributed by atoms with Crippen molar-refractivity contribution in [1.82, 2.24) is 0 Å². The van der Waals surface area contributed by atoms with E-state index in [4.69, 9.17) is 0 Å². The molecule has 0 spiro atoms. The fourth-order valence-corrected chi connectivity index (χ4v) is 2.75. The van der Waals surface area contributed by atoms with Gasteiger partial charge in [0.1, 0.15) is 0 Å². The predicted octanol–water partition coefficient (Wildman–Crippen LogP) is 3.37. The van der Waals surface area contributed by atoms with Gasteiger partial charge >= 0.3 is 0 Å². The maximum Gasteiger partial charge on any atom is -0.0412 e. The molecule has 1 unspecified atom stereocenters. The van der Waals surface area contributed by atoms with Gasteiger partial charge in [-0.15, -0.1) is 0 Å². The number of rotatable bonds is 0. The first-order chi connectivity index (χ1) is 4.95. The molecule has 0 aromatic rings. The average Bonchev–Trinajstić information content (AvgIpc) is 2.30. The highest BCUT2D eigenvalue weighted by molar-refractivity contribution is 4.77. The van der Waals surface area contributed by atoms with Crippen molar-refractivity contribution < 1.29 is 0 Å². The Labute approximate surface area is 64.0 Å². The van der Waals surface area contributed by atoms with Gasteiger partial charge in [0.2, 0.25) is 0 Å². The van der Waals surface area contributed by atoms with Crippen LogP contribution in [0.25, 0.3) is 0 Å². The molecular formula is C10H18. The lowest BCUT2D eigenvalue weighted by Gasteiger charge is -2.14. The number of hydrogen-bond acceptors (Lipinski definition) is 0. The van der Waals surface area contributed by atoms with Crippen molar-refractivity contribution in [2.75, 3.05) is 0 Å². The van der Waals surface area contributed by atoms with E-state index in [1.54, 1.807) is 32.1 Å². The van der Waals surface area contributed by atoms with Crippen molar-refractivity contribution in [2.24, 2.45) is 11.8 Å². The second kappa shape index (κ2) is 2.94. The monoisotopic (exact) mass is 138 g/mol. The van der Waals surface area contributed by atoms with Crippen LogP contribution < -0.4 is 0 Å². The summed E-state index contributed by atoms with van der Waals surface area (Å²) in [5.41, 5.74) is 0. The molecule has 0 radical (unpaired) electrons. The zero-order valence-corrected chi connectivity index (χ0v) is 6.81. The third-order valence-corrected chi connectivity index (χ3v) is 3.37. The normalized spacial score (nSPS) is 40.8. The van der Waals surface area contributed by atoms with Crippen LogP contribution >= 0.6 is 0 Å². The molecule has 0 aromatic carbocycles. The highest BCUT2D eigenvalue weighted by Gasteiger charge is 2.25. The second-order valence-corrected chi connectivity index (χ2v) is 4.18. The Hall–Kier alpha value is 0. The molecule has 2 rings (SSSR count). The van der Waals surface area contributed by atoms with Gasteiger partial charge in [-0.2, -0.15) is 0 Å². The average molecular weight is 138 g/mol. The van der Waals surface area contributed by atoms with E-state index in [1.165, 1.54) is 19.3 Å². The molecule has 2 aliphatic carbocycles. The largest absolute Gasteiger partial charge is 0.0533 e. The molecule has 10 heavy (non-hydrogen) atoms. The molecule has 0 aromatic heterocycles. The van der Waals surface area contributed by atoms with E-state index in [0.717, 1.165) is 11.8 Å². The summed E-state index contributed by atoms with van der Waals surface area (Å²) < 4.78 is 0. The van der Waals surface area contributed by atoms with Gasteiger partial charge in [-0.25, -0.2) is 0 Å². The summed E-state index contributed by atoms with van der Waals surface area (Å²) in [7, 11) is 0. The SMILES string of the molecule is C1CCC2CC[C@H](CC1)C2. The predicted molar refractivity (Wildman–Crippen MR) is 43.9 cm³/mol. The molecule has 0 aliphatic heterocycles. The molecule has 0 heteroatoms. The van der Waals surface area contributed by atoms with Crippen LogP contribution in [-0.4, -0.2) is 0 Å². The van der Waals surface area contributed by atoms with Gasteiger partial charge in [0.05, 0.1) is 0 Å². The van der Waals surface area contributed by atoms with E-state index in [9.17, 15) is 0 Å². The summed E-state index contributed by atoms with van der Waals surface area (Å²) >= 11 is 0. The van der Waals surface area contributed by atoms with Crippen LogP contribution in [0.5, 0.6) is 0 Å². The molecule has 2 fully saturated rings. The van der Waals surface area contributed by atoms with Gasteiger partial charge in [-0.05, 0) is 18.3 Å². The molecule has 2 aliphatic rings. The zero-order chi connectivity index (χ0) is 6.81. The Morgan fingerprint density at radius 3 is 1.80 bits per heavy atom. The molecule has 0 amide bonds. The first-order valence-corrected chi connectivity index (χ1v) is 4.95.